The number of hydrogen-bond acceptors (Lipinski definition) is 3. The minimum Gasteiger partial charge on any atom is -0.317 e. The zero-order valence-electron chi connectivity index (χ0n) is 9.51. The van der Waals surface area contributed by atoms with Gasteiger partial charge in [-0.25, -0.2) is 0 Å². The van der Waals surface area contributed by atoms with Gasteiger partial charge >= 0.3 is 0 Å². The highest BCUT2D eigenvalue weighted by Crippen LogP contribution is 2.13. The van der Waals surface area contributed by atoms with Crippen molar-refractivity contribution in [2.75, 3.05) is 13.1 Å². The van der Waals surface area contributed by atoms with Gasteiger partial charge in [-0.3, -0.25) is 0 Å². The quantitative estimate of drug-likeness (QED) is 0.544. The van der Waals surface area contributed by atoms with Crippen molar-refractivity contribution >= 4 is 11.4 Å². The van der Waals surface area contributed by atoms with E-state index in [2.05, 4.69) is 29.4 Å². The van der Waals surface area contributed by atoms with Crippen molar-refractivity contribution in [3.63, 3.8) is 0 Å². The summed E-state index contributed by atoms with van der Waals surface area (Å²) in [5.74, 6) is 0.643. The van der Waals surface area contributed by atoms with Gasteiger partial charge in [0.1, 0.15) is 0 Å². The molecule has 14 heavy (non-hydrogen) atoms. The molecular weight excluding hydrogens is 174 g/mol. The molecule has 0 unspecified atom stereocenters. The van der Waals surface area contributed by atoms with Crippen molar-refractivity contribution in [3.8, 4) is 0 Å². The average Bonchev–Trinajstić information content (AvgIpc) is 2.26. The summed E-state index contributed by atoms with van der Waals surface area (Å²) in [5.41, 5.74) is 2.30. The summed E-state index contributed by atoms with van der Waals surface area (Å²) in [5, 5.41) is 11.9. The minimum atomic E-state index is 0.643. The molecule has 1 N–H and O–H groups in total. The first kappa shape index (κ1) is 11.4. The van der Waals surface area contributed by atoms with Crippen molar-refractivity contribution in [1.29, 1.82) is 0 Å². The molecule has 0 atom stereocenters. The molecule has 1 saturated heterocycles. The first-order valence-corrected chi connectivity index (χ1v) is 5.52. The zero-order chi connectivity index (χ0) is 10.4. The van der Waals surface area contributed by atoms with Crippen LogP contribution in [0.5, 0.6) is 0 Å². The van der Waals surface area contributed by atoms with Crippen LogP contribution in [0.1, 0.15) is 40.0 Å². The van der Waals surface area contributed by atoms with Crippen LogP contribution in [0.3, 0.4) is 0 Å². The molecule has 1 aliphatic rings. The van der Waals surface area contributed by atoms with E-state index < -0.39 is 0 Å². The van der Waals surface area contributed by atoms with Gasteiger partial charge in [-0.2, -0.15) is 10.2 Å². The van der Waals surface area contributed by atoms with Crippen LogP contribution in [-0.2, 0) is 0 Å². The van der Waals surface area contributed by atoms with Crippen molar-refractivity contribution in [2.45, 2.75) is 40.0 Å². The van der Waals surface area contributed by atoms with Crippen LogP contribution in [-0.4, -0.2) is 24.5 Å². The van der Waals surface area contributed by atoms with E-state index in [-0.39, 0.29) is 0 Å². The molecule has 0 aromatic heterocycles. The maximum Gasteiger partial charge on any atom is 0.0406 e. The largest absolute Gasteiger partial charge is 0.317 e. The lowest BCUT2D eigenvalue weighted by molar-refractivity contribution is 0.455. The van der Waals surface area contributed by atoms with Crippen molar-refractivity contribution in [2.24, 2.45) is 16.1 Å². The Morgan fingerprint density at radius 2 is 1.86 bits per heavy atom. The lowest BCUT2D eigenvalue weighted by Gasteiger charge is -2.21. The lowest BCUT2D eigenvalue weighted by Crippen LogP contribution is -2.30. The first-order chi connectivity index (χ1) is 6.74. The lowest BCUT2D eigenvalue weighted by atomic mass is 9.94. The summed E-state index contributed by atoms with van der Waals surface area (Å²) in [6, 6.07) is 0. The van der Waals surface area contributed by atoms with Gasteiger partial charge < -0.3 is 5.32 Å². The summed E-state index contributed by atoms with van der Waals surface area (Å²) < 4.78 is 0. The molecule has 0 amide bonds. The molecule has 3 nitrogen and oxygen atoms in total. The Labute approximate surface area is 86.7 Å². The van der Waals surface area contributed by atoms with E-state index in [1.54, 1.807) is 0 Å². The molecule has 0 aromatic rings. The molecule has 0 aromatic carbocycles. The van der Waals surface area contributed by atoms with E-state index in [1.165, 1.54) is 18.6 Å². The fourth-order valence-corrected chi connectivity index (χ4v) is 1.56. The number of nitrogens with one attached hydrogen (secondary N) is 1. The molecule has 80 valence electrons. The third kappa shape index (κ3) is 3.58. The number of hydrogen-bond donors (Lipinski definition) is 1. The highest BCUT2D eigenvalue weighted by molar-refractivity contribution is 5.86. The molecule has 0 bridgehead atoms. The second-order valence-electron chi connectivity index (χ2n) is 3.95. The van der Waals surface area contributed by atoms with E-state index >= 15 is 0 Å². The second-order valence-corrected chi connectivity index (χ2v) is 3.95. The molecule has 0 saturated carbocycles. The van der Waals surface area contributed by atoms with Gasteiger partial charge in [0.05, 0.1) is 0 Å². The molecule has 0 aliphatic carbocycles. The molecule has 0 spiro atoms. The molecule has 1 heterocycles. The molecule has 1 aliphatic heterocycles. The van der Waals surface area contributed by atoms with Crippen LogP contribution in [0.4, 0.5) is 0 Å². The summed E-state index contributed by atoms with van der Waals surface area (Å²) in [6.45, 7) is 8.47. The Morgan fingerprint density at radius 3 is 2.43 bits per heavy atom. The third-order valence-electron chi connectivity index (χ3n) is 2.82. The van der Waals surface area contributed by atoms with Crippen LogP contribution in [0.15, 0.2) is 10.2 Å². The van der Waals surface area contributed by atoms with Crippen LogP contribution >= 0.6 is 0 Å². The number of piperidine rings is 1. The fraction of sp³-hybridized carbons (Fsp3) is 0.818. The minimum absolute atomic E-state index is 0.643. The van der Waals surface area contributed by atoms with Crippen LogP contribution in [0.2, 0.25) is 0 Å². The molecule has 3 heteroatoms. The van der Waals surface area contributed by atoms with Crippen LogP contribution in [0, 0.1) is 5.92 Å². The van der Waals surface area contributed by atoms with Gasteiger partial charge in [-0.15, -0.1) is 0 Å². The first-order valence-electron chi connectivity index (χ1n) is 5.52. The van der Waals surface area contributed by atoms with Gasteiger partial charge in [0.2, 0.25) is 0 Å². The highest BCUT2D eigenvalue weighted by Gasteiger charge is 2.15. The predicted molar refractivity (Wildman–Crippen MR) is 62.1 cm³/mol. The van der Waals surface area contributed by atoms with E-state index in [4.69, 9.17) is 0 Å². The van der Waals surface area contributed by atoms with Gasteiger partial charge in [0, 0.05) is 17.3 Å². The highest BCUT2D eigenvalue weighted by atomic mass is 15.2. The smallest absolute Gasteiger partial charge is 0.0406 e. The summed E-state index contributed by atoms with van der Waals surface area (Å²) in [7, 11) is 0. The Balaban J connectivity index is 2.49. The van der Waals surface area contributed by atoms with Crippen molar-refractivity contribution in [1.82, 2.24) is 5.32 Å². The molecule has 1 fully saturated rings. The number of rotatable bonds is 3. The van der Waals surface area contributed by atoms with Crippen molar-refractivity contribution in [3.05, 3.63) is 0 Å². The van der Waals surface area contributed by atoms with Crippen molar-refractivity contribution < 1.29 is 0 Å². The SMILES string of the molecule is CC/C(C)=N/N=C(\C)C1CCNCC1. The van der Waals surface area contributed by atoms with E-state index in [1.807, 2.05) is 6.92 Å². The van der Waals surface area contributed by atoms with E-state index in [0.29, 0.717) is 5.92 Å². The van der Waals surface area contributed by atoms with Gasteiger partial charge in [-0.1, -0.05) is 6.92 Å². The van der Waals surface area contributed by atoms with E-state index in [9.17, 15) is 0 Å². The Bertz CT molecular complexity index is 225. The summed E-state index contributed by atoms with van der Waals surface area (Å²) in [6.07, 6.45) is 3.40. The van der Waals surface area contributed by atoms with Crippen LogP contribution < -0.4 is 5.32 Å². The molecule has 1 rings (SSSR count). The standard InChI is InChI=1S/C11H21N3/c1-4-9(2)13-14-10(3)11-5-7-12-8-6-11/h11-12H,4-8H2,1-3H3/b13-9+,14-10+. The topological polar surface area (TPSA) is 36.8 Å². The Morgan fingerprint density at radius 1 is 1.21 bits per heavy atom. The maximum absolute atomic E-state index is 4.30. The Hall–Kier alpha value is -0.700. The van der Waals surface area contributed by atoms with Gasteiger partial charge in [0.25, 0.3) is 0 Å². The predicted octanol–water partition coefficient (Wildman–Crippen LogP) is 2.23. The molecular formula is C11H21N3. The summed E-state index contributed by atoms with van der Waals surface area (Å²) in [4.78, 5) is 0. The van der Waals surface area contributed by atoms with Gasteiger partial charge in [0.15, 0.2) is 0 Å². The molecule has 0 radical (unpaired) electrons. The normalized spacial score (nSPS) is 21.4. The van der Waals surface area contributed by atoms with Gasteiger partial charge in [-0.05, 0) is 46.2 Å². The maximum atomic E-state index is 4.30. The monoisotopic (exact) mass is 195 g/mol. The second kappa shape index (κ2) is 5.91. The third-order valence-corrected chi connectivity index (χ3v) is 2.82. The zero-order valence-corrected chi connectivity index (χ0v) is 9.51. The van der Waals surface area contributed by atoms with Crippen LogP contribution in [0.25, 0.3) is 0 Å². The van der Waals surface area contributed by atoms with E-state index in [0.717, 1.165) is 25.2 Å². The fourth-order valence-electron chi connectivity index (χ4n) is 1.56. The average molecular weight is 195 g/mol. The summed E-state index contributed by atoms with van der Waals surface area (Å²) >= 11 is 0. The number of nitrogens with zero attached hydrogens (tertiary/aromatic N) is 2. The Kier molecular flexibility index (Phi) is 4.80.